The Labute approximate surface area is 72.9 Å². The van der Waals surface area contributed by atoms with Gasteiger partial charge in [0.25, 0.3) is 0 Å². The molecule has 1 rings (SSSR count). The minimum Gasteiger partial charge on any atom is -0.299 e. The second-order valence-electron chi connectivity index (χ2n) is 3.30. The topological polar surface area (TPSA) is 17.1 Å². The quantitative estimate of drug-likeness (QED) is 0.651. The fourth-order valence-electron chi connectivity index (χ4n) is 1.41. The Kier molecular flexibility index (Phi) is 3.44. The lowest BCUT2D eigenvalue weighted by Crippen LogP contribution is -2.12. The van der Waals surface area contributed by atoms with Crippen LogP contribution >= 0.6 is 11.8 Å². The van der Waals surface area contributed by atoms with Crippen LogP contribution in [0.1, 0.15) is 39.5 Å². The average molecular weight is 172 g/mol. The maximum Gasteiger partial charge on any atom is 0.142 e. The highest BCUT2D eigenvalue weighted by atomic mass is 32.2. The zero-order valence-electron chi connectivity index (χ0n) is 7.30. The summed E-state index contributed by atoms with van der Waals surface area (Å²) in [7, 11) is 0. The number of hydrogen-bond donors (Lipinski definition) is 0. The first-order valence-corrected chi connectivity index (χ1v) is 5.30. The maximum absolute atomic E-state index is 10.9. The van der Waals surface area contributed by atoms with Gasteiger partial charge in [0.05, 0.1) is 5.25 Å². The molecular formula is C9H16OS. The maximum atomic E-state index is 10.9. The van der Waals surface area contributed by atoms with E-state index in [1.807, 2.05) is 18.7 Å². The Bertz CT molecular complexity index is 138. The molecule has 0 saturated heterocycles. The monoisotopic (exact) mass is 172 g/mol. The van der Waals surface area contributed by atoms with Crippen molar-refractivity contribution in [2.24, 2.45) is 0 Å². The van der Waals surface area contributed by atoms with Gasteiger partial charge in [0.15, 0.2) is 0 Å². The van der Waals surface area contributed by atoms with E-state index in [2.05, 4.69) is 0 Å². The molecular weight excluding hydrogens is 156 g/mol. The number of hydrogen-bond acceptors (Lipinski definition) is 2. The van der Waals surface area contributed by atoms with Gasteiger partial charge < -0.3 is 0 Å². The lowest BCUT2D eigenvalue weighted by Gasteiger charge is -2.12. The first-order chi connectivity index (χ1) is 5.20. The largest absolute Gasteiger partial charge is 0.299 e. The van der Waals surface area contributed by atoms with Crippen molar-refractivity contribution in [3.63, 3.8) is 0 Å². The molecule has 1 aliphatic rings. The van der Waals surface area contributed by atoms with Crippen LogP contribution in [0.15, 0.2) is 0 Å². The average Bonchev–Trinajstić information content (AvgIpc) is 2.39. The highest BCUT2D eigenvalue weighted by Gasteiger charge is 2.19. The third-order valence-electron chi connectivity index (χ3n) is 2.27. The molecule has 0 aromatic carbocycles. The second kappa shape index (κ2) is 4.15. The molecule has 64 valence electrons. The van der Waals surface area contributed by atoms with Gasteiger partial charge in [0.1, 0.15) is 5.78 Å². The molecule has 1 saturated carbocycles. The first kappa shape index (κ1) is 9.11. The van der Waals surface area contributed by atoms with Gasteiger partial charge in [-0.05, 0) is 26.7 Å². The standard InChI is InChI=1S/C9H16OS/c1-7(10)8(2)11-9-5-3-4-6-9/h8-9H,3-6H2,1-2H3/t8-/m1/s1. The molecule has 0 spiro atoms. The van der Waals surface area contributed by atoms with Gasteiger partial charge in [-0.3, -0.25) is 4.79 Å². The summed E-state index contributed by atoms with van der Waals surface area (Å²) in [5.74, 6) is 0.321. The lowest BCUT2D eigenvalue weighted by molar-refractivity contribution is -0.116. The molecule has 0 heterocycles. The molecule has 0 N–H and O–H groups in total. The highest BCUT2D eigenvalue weighted by molar-refractivity contribution is 8.01. The summed E-state index contributed by atoms with van der Waals surface area (Å²) >= 11 is 1.87. The predicted molar refractivity (Wildman–Crippen MR) is 50.0 cm³/mol. The van der Waals surface area contributed by atoms with E-state index < -0.39 is 0 Å². The third-order valence-corrected chi connectivity index (χ3v) is 3.87. The Hall–Kier alpha value is 0.0200. The smallest absolute Gasteiger partial charge is 0.142 e. The molecule has 2 heteroatoms. The number of ketones is 1. The molecule has 0 aromatic heterocycles. The van der Waals surface area contributed by atoms with Crippen LogP contribution in [0.3, 0.4) is 0 Å². The molecule has 1 nitrogen and oxygen atoms in total. The minimum absolute atomic E-state index is 0.220. The molecule has 0 radical (unpaired) electrons. The van der Waals surface area contributed by atoms with Crippen molar-refractivity contribution in [3.8, 4) is 0 Å². The normalized spacial score (nSPS) is 22.0. The summed E-state index contributed by atoms with van der Waals surface area (Å²) in [6, 6.07) is 0. The van der Waals surface area contributed by atoms with E-state index in [1.165, 1.54) is 25.7 Å². The van der Waals surface area contributed by atoms with Gasteiger partial charge in [-0.2, -0.15) is 0 Å². The molecule has 0 aliphatic heterocycles. The van der Waals surface area contributed by atoms with Crippen LogP contribution in [-0.2, 0) is 4.79 Å². The molecule has 11 heavy (non-hydrogen) atoms. The van der Waals surface area contributed by atoms with Gasteiger partial charge in [-0.25, -0.2) is 0 Å². The van der Waals surface area contributed by atoms with Gasteiger partial charge in [0.2, 0.25) is 0 Å². The van der Waals surface area contributed by atoms with Crippen LogP contribution in [0, 0.1) is 0 Å². The van der Waals surface area contributed by atoms with Crippen LogP contribution in [0.25, 0.3) is 0 Å². The van der Waals surface area contributed by atoms with Gasteiger partial charge in [-0.1, -0.05) is 12.8 Å². The summed E-state index contributed by atoms with van der Waals surface area (Å²) in [4.78, 5) is 10.9. The van der Waals surface area contributed by atoms with E-state index in [-0.39, 0.29) is 5.25 Å². The van der Waals surface area contributed by atoms with Gasteiger partial charge in [-0.15, -0.1) is 11.8 Å². The second-order valence-corrected chi connectivity index (χ2v) is 4.94. The molecule has 1 aliphatic carbocycles. The van der Waals surface area contributed by atoms with Crippen molar-refractivity contribution < 1.29 is 4.79 Å². The van der Waals surface area contributed by atoms with Crippen LogP contribution in [0.4, 0.5) is 0 Å². The summed E-state index contributed by atoms with van der Waals surface area (Å²) in [5, 5.41) is 0.993. The molecule has 0 unspecified atom stereocenters. The zero-order valence-corrected chi connectivity index (χ0v) is 8.12. The Morgan fingerprint density at radius 2 is 2.00 bits per heavy atom. The van der Waals surface area contributed by atoms with Crippen molar-refractivity contribution in [1.29, 1.82) is 0 Å². The van der Waals surface area contributed by atoms with Crippen molar-refractivity contribution in [2.45, 2.75) is 50.0 Å². The van der Waals surface area contributed by atoms with Gasteiger partial charge >= 0.3 is 0 Å². The number of carbonyl (C=O) groups is 1. The zero-order chi connectivity index (χ0) is 8.27. The van der Waals surface area contributed by atoms with Crippen molar-refractivity contribution >= 4 is 17.5 Å². The molecule has 0 amide bonds. The number of thioether (sulfide) groups is 1. The Balaban J connectivity index is 2.23. The summed E-state index contributed by atoms with van der Waals surface area (Å²) in [5.41, 5.74) is 0. The molecule has 0 bridgehead atoms. The van der Waals surface area contributed by atoms with Crippen LogP contribution < -0.4 is 0 Å². The van der Waals surface area contributed by atoms with E-state index in [4.69, 9.17) is 0 Å². The van der Waals surface area contributed by atoms with Crippen molar-refractivity contribution in [2.75, 3.05) is 0 Å². The number of Topliss-reactive ketones (excluding diaryl/α,β-unsaturated/α-hetero) is 1. The summed E-state index contributed by atoms with van der Waals surface area (Å²) in [6.45, 7) is 3.71. The lowest BCUT2D eigenvalue weighted by atomic mass is 10.3. The van der Waals surface area contributed by atoms with E-state index in [0.717, 1.165) is 5.25 Å². The Morgan fingerprint density at radius 3 is 2.45 bits per heavy atom. The summed E-state index contributed by atoms with van der Waals surface area (Å²) < 4.78 is 0. The third kappa shape index (κ3) is 2.86. The van der Waals surface area contributed by atoms with Crippen molar-refractivity contribution in [3.05, 3.63) is 0 Å². The van der Waals surface area contributed by atoms with E-state index in [0.29, 0.717) is 5.78 Å². The van der Waals surface area contributed by atoms with E-state index in [1.54, 1.807) is 6.92 Å². The van der Waals surface area contributed by atoms with Crippen LogP contribution in [0.2, 0.25) is 0 Å². The Morgan fingerprint density at radius 1 is 1.45 bits per heavy atom. The number of carbonyl (C=O) groups excluding carboxylic acids is 1. The first-order valence-electron chi connectivity index (χ1n) is 4.36. The molecule has 1 atom stereocenters. The molecule has 1 fully saturated rings. The minimum atomic E-state index is 0.220. The summed E-state index contributed by atoms with van der Waals surface area (Å²) in [6.07, 6.45) is 5.37. The fourth-order valence-corrected chi connectivity index (χ4v) is 2.78. The van der Waals surface area contributed by atoms with E-state index in [9.17, 15) is 4.79 Å². The van der Waals surface area contributed by atoms with Crippen LogP contribution in [-0.4, -0.2) is 16.3 Å². The fraction of sp³-hybridized carbons (Fsp3) is 0.889. The SMILES string of the molecule is CC(=O)[C@@H](C)SC1CCCC1. The predicted octanol–water partition coefficient (Wildman–Crippen LogP) is 2.64. The molecule has 0 aromatic rings. The van der Waals surface area contributed by atoms with Crippen molar-refractivity contribution in [1.82, 2.24) is 0 Å². The highest BCUT2D eigenvalue weighted by Crippen LogP contribution is 2.32. The van der Waals surface area contributed by atoms with Gasteiger partial charge in [0, 0.05) is 5.25 Å². The number of rotatable bonds is 3. The van der Waals surface area contributed by atoms with Crippen LogP contribution in [0.5, 0.6) is 0 Å². The van der Waals surface area contributed by atoms with E-state index >= 15 is 0 Å².